The lowest BCUT2D eigenvalue weighted by Gasteiger charge is -2.07. The van der Waals surface area contributed by atoms with Crippen molar-refractivity contribution in [2.45, 2.75) is 13.4 Å². The monoisotopic (exact) mass is 293 g/mol. The number of rotatable bonds is 4. The molecule has 0 aliphatic rings. The Balaban J connectivity index is 1.89. The van der Waals surface area contributed by atoms with Gasteiger partial charge >= 0.3 is 6.92 Å². The van der Waals surface area contributed by atoms with Gasteiger partial charge in [0, 0.05) is 12.1 Å². The standard InChI is InChI=1S/C16H16BN3O2/c1-17(22)13-5-2-11(3-6-13)9-20-10-19-14-8-12(16(18)21)4-7-15(14)20/h2-8,10,22H,9H2,1H3,(H2,18,21). The predicted molar refractivity (Wildman–Crippen MR) is 87.3 cm³/mol. The van der Waals surface area contributed by atoms with Crippen molar-refractivity contribution in [2.24, 2.45) is 5.73 Å². The largest absolute Gasteiger partial charge is 0.447 e. The van der Waals surface area contributed by atoms with Crippen molar-refractivity contribution in [3.05, 3.63) is 59.9 Å². The molecule has 1 amide bonds. The van der Waals surface area contributed by atoms with Crippen LogP contribution in [0.1, 0.15) is 15.9 Å². The third-order valence-electron chi connectivity index (χ3n) is 3.72. The van der Waals surface area contributed by atoms with Crippen LogP contribution in [-0.4, -0.2) is 27.4 Å². The second kappa shape index (κ2) is 5.65. The number of amides is 1. The summed E-state index contributed by atoms with van der Waals surface area (Å²) in [4.78, 5) is 15.5. The molecule has 0 saturated heterocycles. The van der Waals surface area contributed by atoms with Crippen molar-refractivity contribution >= 4 is 29.3 Å². The molecule has 0 atom stereocenters. The first kappa shape index (κ1) is 14.3. The van der Waals surface area contributed by atoms with Crippen molar-refractivity contribution in [1.29, 1.82) is 0 Å². The molecule has 3 rings (SSSR count). The Morgan fingerprint density at radius 1 is 1.27 bits per heavy atom. The van der Waals surface area contributed by atoms with Crippen LogP contribution >= 0.6 is 0 Å². The number of carbonyl (C=O) groups is 1. The van der Waals surface area contributed by atoms with Crippen molar-refractivity contribution in [3.8, 4) is 0 Å². The molecule has 0 aliphatic carbocycles. The van der Waals surface area contributed by atoms with Crippen molar-refractivity contribution in [2.75, 3.05) is 0 Å². The van der Waals surface area contributed by atoms with Crippen molar-refractivity contribution in [3.63, 3.8) is 0 Å². The van der Waals surface area contributed by atoms with Gasteiger partial charge in [-0.05, 0) is 29.2 Å². The molecule has 110 valence electrons. The molecule has 2 aromatic carbocycles. The summed E-state index contributed by atoms with van der Waals surface area (Å²) in [6.45, 7) is 1.96. The van der Waals surface area contributed by atoms with Crippen molar-refractivity contribution in [1.82, 2.24) is 9.55 Å². The molecule has 0 unspecified atom stereocenters. The van der Waals surface area contributed by atoms with Gasteiger partial charge in [-0.3, -0.25) is 4.79 Å². The van der Waals surface area contributed by atoms with Gasteiger partial charge in [0.2, 0.25) is 5.91 Å². The highest BCUT2D eigenvalue weighted by Crippen LogP contribution is 2.16. The van der Waals surface area contributed by atoms with Crippen LogP contribution in [0.5, 0.6) is 0 Å². The summed E-state index contributed by atoms with van der Waals surface area (Å²) in [5.74, 6) is -0.454. The zero-order chi connectivity index (χ0) is 15.7. The van der Waals surface area contributed by atoms with Gasteiger partial charge in [-0.15, -0.1) is 0 Å². The highest BCUT2D eigenvalue weighted by molar-refractivity contribution is 6.64. The molecule has 1 aromatic heterocycles. The fraction of sp³-hybridized carbons (Fsp3) is 0.125. The molecular weight excluding hydrogens is 277 g/mol. The molecule has 5 nitrogen and oxygen atoms in total. The topological polar surface area (TPSA) is 81.1 Å². The van der Waals surface area contributed by atoms with Crippen molar-refractivity contribution < 1.29 is 9.82 Å². The Kier molecular flexibility index (Phi) is 3.69. The third-order valence-corrected chi connectivity index (χ3v) is 3.72. The Hall–Kier alpha value is -2.60. The van der Waals surface area contributed by atoms with Crippen LogP contribution < -0.4 is 11.2 Å². The van der Waals surface area contributed by atoms with Gasteiger partial charge in [-0.2, -0.15) is 0 Å². The first-order chi connectivity index (χ1) is 10.5. The highest BCUT2D eigenvalue weighted by atomic mass is 16.2. The van der Waals surface area contributed by atoms with Gasteiger partial charge in [0.15, 0.2) is 0 Å². The lowest BCUT2D eigenvalue weighted by atomic mass is 9.64. The molecule has 6 heteroatoms. The fourth-order valence-corrected chi connectivity index (χ4v) is 2.44. The Morgan fingerprint density at radius 3 is 2.64 bits per heavy atom. The normalized spacial score (nSPS) is 10.8. The van der Waals surface area contributed by atoms with E-state index in [1.165, 1.54) is 0 Å². The maximum atomic E-state index is 11.2. The number of nitrogens with zero attached hydrogens (tertiary/aromatic N) is 2. The molecular formula is C16H16BN3O2. The van der Waals surface area contributed by atoms with Crippen LogP contribution in [0.15, 0.2) is 48.8 Å². The summed E-state index contributed by atoms with van der Waals surface area (Å²) in [5.41, 5.74) is 9.44. The molecule has 0 spiro atoms. The van der Waals surface area contributed by atoms with E-state index in [-0.39, 0.29) is 0 Å². The summed E-state index contributed by atoms with van der Waals surface area (Å²) >= 11 is 0. The van der Waals surface area contributed by atoms with E-state index >= 15 is 0 Å². The molecule has 0 radical (unpaired) electrons. The van der Waals surface area contributed by atoms with E-state index in [0.717, 1.165) is 22.1 Å². The number of imidazole rings is 1. The summed E-state index contributed by atoms with van der Waals surface area (Å²) in [7, 11) is 0. The van der Waals surface area contributed by atoms with Crippen LogP contribution in [0.4, 0.5) is 0 Å². The maximum absolute atomic E-state index is 11.2. The average molecular weight is 293 g/mol. The highest BCUT2D eigenvalue weighted by Gasteiger charge is 2.08. The first-order valence-corrected chi connectivity index (χ1v) is 7.06. The number of carbonyl (C=O) groups excluding carboxylic acids is 1. The van der Waals surface area contributed by atoms with Gasteiger partial charge in [-0.1, -0.05) is 31.1 Å². The van der Waals surface area contributed by atoms with Gasteiger partial charge in [-0.25, -0.2) is 4.98 Å². The lowest BCUT2D eigenvalue weighted by molar-refractivity contribution is 0.100. The van der Waals surface area contributed by atoms with E-state index in [0.29, 0.717) is 12.1 Å². The van der Waals surface area contributed by atoms with E-state index in [1.807, 2.05) is 34.9 Å². The maximum Gasteiger partial charge on any atom is 0.320 e. The summed E-state index contributed by atoms with van der Waals surface area (Å²) in [5, 5.41) is 9.53. The van der Waals surface area contributed by atoms with E-state index in [1.54, 1.807) is 25.3 Å². The number of nitrogens with two attached hydrogens (primary N) is 1. The number of benzene rings is 2. The summed E-state index contributed by atoms with van der Waals surface area (Å²) in [6, 6.07) is 13.1. The molecule has 0 saturated carbocycles. The minimum absolute atomic E-state index is 0.454. The Morgan fingerprint density at radius 2 is 2.00 bits per heavy atom. The second-order valence-corrected chi connectivity index (χ2v) is 5.36. The lowest BCUT2D eigenvalue weighted by Crippen LogP contribution is -2.25. The smallest absolute Gasteiger partial charge is 0.320 e. The van der Waals surface area contributed by atoms with Crippen LogP contribution in [0.3, 0.4) is 0 Å². The van der Waals surface area contributed by atoms with Gasteiger partial charge in [0.25, 0.3) is 0 Å². The number of hydrogen-bond acceptors (Lipinski definition) is 3. The summed E-state index contributed by atoms with van der Waals surface area (Å²) < 4.78 is 2.01. The Labute approximate surface area is 128 Å². The van der Waals surface area contributed by atoms with Crippen LogP contribution in [0, 0.1) is 0 Å². The fourth-order valence-electron chi connectivity index (χ4n) is 2.44. The molecule has 3 aromatic rings. The third kappa shape index (κ3) is 2.73. The predicted octanol–water partition coefficient (Wildman–Crippen LogP) is 1.00. The SMILES string of the molecule is CB(O)c1ccc(Cn2cnc3cc(C(N)=O)ccc32)cc1. The number of primary amides is 1. The van der Waals surface area contributed by atoms with E-state index < -0.39 is 12.8 Å². The minimum atomic E-state index is -0.463. The Bertz CT molecular complexity index is 825. The van der Waals surface area contributed by atoms with Gasteiger partial charge < -0.3 is 15.3 Å². The second-order valence-electron chi connectivity index (χ2n) is 5.36. The average Bonchev–Trinajstić information content (AvgIpc) is 2.90. The van der Waals surface area contributed by atoms with Gasteiger partial charge in [0.05, 0.1) is 17.4 Å². The zero-order valence-electron chi connectivity index (χ0n) is 12.2. The van der Waals surface area contributed by atoms with Crippen LogP contribution in [-0.2, 0) is 6.54 Å². The van der Waals surface area contributed by atoms with E-state index in [4.69, 9.17) is 5.73 Å². The van der Waals surface area contributed by atoms with E-state index in [9.17, 15) is 9.82 Å². The molecule has 0 fully saturated rings. The summed E-state index contributed by atoms with van der Waals surface area (Å²) in [6.07, 6.45) is 1.75. The quantitative estimate of drug-likeness (QED) is 0.704. The number of fused-ring (bicyclic) bond motifs is 1. The number of aromatic nitrogens is 2. The molecule has 1 heterocycles. The molecule has 3 N–H and O–H groups in total. The molecule has 0 aliphatic heterocycles. The van der Waals surface area contributed by atoms with Crippen LogP contribution in [0.2, 0.25) is 6.82 Å². The van der Waals surface area contributed by atoms with Gasteiger partial charge in [0.1, 0.15) is 0 Å². The molecule has 22 heavy (non-hydrogen) atoms. The van der Waals surface area contributed by atoms with Crippen LogP contribution in [0.25, 0.3) is 11.0 Å². The first-order valence-electron chi connectivity index (χ1n) is 7.06. The van der Waals surface area contributed by atoms with E-state index in [2.05, 4.69) is 4.98 Å². The number of hydrogen-bond donors (Lipinski definition) is 2. The molecule has 0 bridgehead atoms. The zero-order valence-corrected chi connectivity index (χ0v) is 12.2. The minimum Gasteiger partial charge on any atom is -0.447 e.